The van der Waals surface area contributed by atoms with Crippen LogP contribution in [0.25, 0.3) is 0 Å². The molecule has 404 valence electrons. The maximum atomic E-state index is 11.8. The van der Waals surface area contributed by atoms with Crippen molar-refractivity contribution in [1.82, 2.24) is 0 Å². The van der Waals surface area contributed by atoms with E-state index >= 15 is 0 Å². The molecule has 0 aliphatic rings. The van der Waals surface area contributed by atoms with Crippen LogP contribution in [0.15, 0.2) is 109 Å². The van der Waals surface area contributed by atoms with Gasteiger partial charge in [-0.2, -0.15) is 0 Å². The van der Waals surface area contributed by atoms with Crippen molar-refractivity contribution in [2.24, 2.45) is 10.8 Å². The fraction of sp³-hybridized carbons (Fsp3) is 0.276. The zero-order valence-corrected chi connectivity index (χ0v) is 43.3. The van der Waals surface area contributed by atoms with E-state index in [2.05, 4.69) is 0 Å². The summed E-state index contributed by atoms with van der Waals surface area (Å²) in [5, 5.41) is 0. The molecule has 0 saturated carbocycles. The summed E-state index contributed by atoms with van der Waals surface area (Å²) in [6.07, 6.45) is 4.03. The Morgan fingerprint density at radius 3 is 0.571 bits per heavy atom. The molecule has 0 unspecified atom stereocenters. The molecule has 0 fully saturated rings. The summed E-state index contributed by atoms with van der Waals surface area (Å²) in [5.41, 5.74) is -0.681. The summed E-state index contributed by atoms with van der Waals surface area (Å²) >= 11 is 0. The zero-order valence-electron chi connectivity index (χ0n) is 43.3. The molecule has 19 nitrogen and oxygen atoms in total. The Hall–Kier alpha value is -9.10. The van der Waals surface area contributed by atoms with Gasteiger partial charge in [-0.25, -0.2) is 0 Å². The molecule has 0 saturated heterocycles. The van der Waals surface area contributed by atoms with Crippen LogP contribution < -0.4 is 56.8 Å². The average Bonchev–Trinajstić information content (AvgIpc) is 3.49. The van der Waals surface area contributed by atoms with E-state index in [1.165, 1.54) is 79.1 Å². The third-order valence-corrected chi connectivity index (χ3v) is 12.0. The first-order valence-corrected chi connectivity index (χ1v) is 23.6. The largest absolute Gasteiger partial charge is 0.493 e. The van der Waals surface area contributed by atoms with Gasteiger partial charge in [-0.05, 0) is 109 Å². The van der Waals surface area contributed by atoms with Gasteiger partial charge in [0.1, 0.15) is 77.4 Å². The Morgan fingerprint density at radius 1 is 0.260 bits per heavy atom. The molecule has 0 bridgehead atoms. The molecule has 6 aromatic rings. The molecule has 0 aromatic heterocycles. The Balaban J connectivity index is 1.49. The van der Waals surface area contributed by atoms with Gasteiger partial charge in [0.25, 0.3) is 0 Å². The minimum Gasteiger partial charge on any atom is -0.493 e. The number of ether oxygens (including phenoxy) is 13. The van der Waals surface area contributed by atoms with E-state index in [4.69, 9.17) is 61.6 Å². The molecule has 0 heterocycles. The molecular formula is C58H58O19. The second-order valence-corrected chi connectivity index (χ2v) is 17.4. The number of hydrogen-bond acceptors (Lipinski definition) is 19. The lowest BCUT2D eigenvalue weighted by atomic mass is 9.90. The molecule has 6 aromatic carbocycles. The molecular weight excluding hydrogens is 1000 g/mol. The van der Waals surface area contributed by atoms with Crippen LogP contribution in [0.5, 0.6) is 69.0 Å². The summed E-state index contributed by atoms with van der Waals surface area (Å²) < 4.78 is 80.1. The van der Waals surface area contributed by atoms with E-state index in [0.717, 1.165) is 0 Å². The number of carbonyl (C=O) groups excluding carboxylic acids is 6. The van der Waals surface area contributed by atoms with Crippen LogP contribution in [-0.2, 0) is 4.74 Å². The lowest BCUT2D eigenvalue weighted by molar-refractivity contribution is -0.0877. The molecule has 0 radical (unpaired) electrons. The van der Waals surface area contributed by atoms with Crippen molar-refractivity contribution in [3.8, 4) is 69.0 Å². The Morgan fingerprint density at radius 2 is 0.429 bits per heavy atom. The van der Waals surface area contributed by atoms with Crippen molar-refractivity contribution >= 4 is 37.7 Å². The monoisotopic (exact) mass is 1060 g/mol. The van der Waals surface area contributed by atoms with Crippen LogP contribution in [0.4, 0.5) is 0 Å². The lowest BCUT2D eigenvalue weighted by Crippen LogP contribution is -2.48. The fourth-order valence-electron chi connectivity index (χ4n) is 7.63. The van der Waals surface area contributed by atoms with Gasteiger partial charge in [0.05, 0.1) is 66.7 Å². The first kappa shape index (κ1) is 57.2. The first-order chi connectivity index (χ1) is 37.5. The predicted octanol–water partition coefficient (Wildman–Crippen LogP) is 8.38. The molecule has 0 N–H and O–H groups in total. The van der Waals surface area contributed by atoms with Gasteiger partial charge in [-0.1, -0.05) is 0 Å². The molecule has 0 spiro atoms. The second-order valence-electron chi connectivity index (χ2n) is 17.4. The summed E-state index contributed by atoms with van der Waals surface area (Å²) in [6, 6.07) is 28.0. The standard InChI is InChI=1S/C58H58O19/c1-65-51-19-39(25-59)7-13-45(51)72-33-57(34-73-46-14-8-40(26-60)20-52(46)66-2,35-74-47-15-9-41(27-61)21-53(47)67-3)31-71-32-58(36-75-48-16-10-42(28-62)22-54(48)68-4,37-76-49-17-11-43(29-63)23-55(49)69-5)38-77-50-18-12-44(30-64)24-56(50)70-6/h7-30H,31-38H2,1-6H3. The molecule has 77 heavy (non-hydrogen) atoms. The summed E-state index contributed by atoms with van der Waals surface area (Å²) in [7, 11) is 8.59. The van der Waals surface area contributed by atoms with E-state index < -0.39 is 10.8 Å². The molecule has 0 atom stereocenters. The van der Waals surface area contributed by atoms with Crippen molar-refractivity contribution in [3.05, 3.63) is 143 Å². The van der Waals surface area contributed by atoms with Gasteiger partial charge in [0, 0.05) is 33.4 Å². The van der Waals surface area contributed by atoms with Gasteiger partial charge in [0.15, 0.2) is 69.0 Å². The smallest absolute Gasteiger partial charge is 0.161 e. The van der Waals surface area contributed by atoms with Crippen molar-refractivity contribution in [2.45, 2.75) is 0 Å². The van der Waals surface area contributed by atoms with E-state index in [-0.39, 0.29) is 122 Å². The highest BCUT2D eigenvalue weighted by Gasteiger charge is 2.40. The normalized spacial score (nSPS) is 11.0. The number of rotatable bonds is 34. The van der Waals surface area contributed by atoms with E-state index in [1.807, 2.05) is 0 Å². The molecule has 19 heteroatoms. The number of hydrogen-bond donors (Lipinski definition) is 0. The minimum absolute atomic E-state index is 0.218. The maximum absolute atomic E-state index is 11.8. The average molecular weight is 1060 g/mol. The van der Waals surface area contributed by atoms with Crippen molar-refractivity contribution in [2.75, 3.05) is 95.5 Å². The first-order valence-electron chi connectivity index (χ1n) is 23.6. The molecule has 0 aliphatic carbocycles. The Bertz CT molecular complexity index is 2480. The highest BCUT2D eigenvalue weighted by atomic mass is 16.6. The van der Waals surface area contributed by atoms with Crippen LogP contribution in [0.2, 0.25) is 0 Å². The number of aldehydes is 6. The maximum Gasteiger partial charge on any atom is 0.161 e. The van der Waals surface area contributed by atoms with E-state index in [9.17, 15) is 28.8 Å². The zero-order chi connectivity index (χ0) is 55.2. The van der Waals surface area contributed by atoms with Crippen molar-refractivity contribution in [1.29, 1.82) is 0 Å². The van der Waals surface area contributed by atoms with Gasteiger partial charge in [0.2, 0.25) is 0 Å². The molecule has 0 aliphatic heterocycles. The third kappa shape index (κ3) is 15.0. The van der Waals surface area contributed by atoms with Crippen molar-refractivity contribution < 1.29 is 90.3 Å². The van der Waals surface area contributed by atoms with Gasteiger partial charge in [-0.15, -0.1) is 0 Å². The number of methoxy groups -OCH3 is 6. The Labute approximate surface area is 444 Å². The fourth-order valence-corrected chi connectivity index (χ4v) is 7.63. The minimum atomic E-state index is -1.35. The van der Waals surface area contributed by atoms with Crippen LogP contribution in [0, 0.1) is 10.8 Å². The number of carbonyl (C=O) groups is 6. The van der Waals surface area contributed by atoms with Crippen LogP contribution >= 0.6 is 0 Å². The van der Waals surface area contributed by atoms with Gasteiger partial charge < -0.3 is 61.6 Å². The summed E-state index contributed by atoms with van der Waals surface area (Å²) in [6.45, 7) is -1.78. The molecule has 6 rings (SSSR count). The van der Waals surface area contributed by atoms with E-state index in [0.29, 0.717) is 71.1 Å². The number of benzene rings is 6. The highest BCUT2D eigenvalue weighted by molar-refractivity contribution is 5.79. The quantitative estimate of drug-likeness (QED) is 0.0346. The highest BCUT2D eigenvalue weighted by Crippen LogP contribution is 2.38. The van der Waals surface area contributed by atoms with Gasteiger partial charge in [-0.3, -0.25) is 28.8 Å². The third-order valence-electron chi connectivity index (χ3n) is 12.0. The summed E-state index contributed by atoms with van der Waals surface area (Å²) in [4.78, 5) is 70.8. The topological polar surface area (TPSA) is 222 Å². The van der Waals surface area contributed by atoms with E-state index in [1.54, 1.807) is 72.8 Å². The van der Waals surface area contributed by atoms with Crippen molar-refractivity contribution in [3.63, 3.8) is 0 Å². The summed E-state index contributed by atoms with van der Waals surface area (Å²) in [5.74, 6) is 3.03. The SMILES string of the molecule is COc1cc(C=O)ccc1OCC(COCC(COc1ccc(C=O)cc1OC)(COc1ccc(C=O)cc1OC)COc1ccc(C=O)cc1OC)(COc1ccc(C=O)cc1OC)COc1ccc(C=O)cc1OC. The Kier molecular flexibility index (Phi) is 20.8. The van der Waals surface area contributed by atoms with Crippen LogP contribution in [0.3, 0.4) is 0 Å². The second kappa shape index (κ2) is 28.0. The lowest BCUT2D eigenvalue weighted by Gasteiger charge is -2.37. The van der Waals surface area contributed by atoms with Crippen LogP contribution in [-0.4, -0.2) is 133 Å². The van der Waals surface area contributed by atoms with Gasteiger partial charge >= 0.3 is 0 Å². The van der Waals surface area contributed by atoms with Crippen LogP contribution in [0.1, 0.15) is 62.1 Å². The molecule has 0 amide bonds. The predicted molar refractivity (Wildman–Crippen MR) is 279 cm³/mol.